The van der Waals surface area contributed by atoms with E-state index >= 15 is 0 Å². The molecule has 0 saturated heterocycles. The van der Waals surface area contributed by atoms with Crippen molar-refractivity contribution in [3.05, 3.63) is 50.9 Å². The number of hydrogen-bond donors (Lipinski definition) is 4. The van der Waals surface area contributed by atoms with Crippen LogP contribution in [0.5, 0.6) is 5.75 Å². The van der Waals surface area contributed by atoms with Crippen LogP contribution >= 0.6 is 0 Å². The second-order valence-corrected chi connectivity index (χ2v) is 9.01. The molecule has 4 rings (SSSR count). The third-order valence-corrected chi connectivity index (χ3v) is 5.86. The maximum atomic E-state index is 12.4. The molecule has 1 aliphatic rings. The lowest BCUT2D eigenvalue weighted by atomic mass is 9.97. The van der Waals surface area contributed by atoms with Gasteiger partial charge in [0.05, 0.1) is 5.69 Å². The zero-order chi connectivity index (χ0) is 21.8. The Labute approximate surface area is 174 Å². The fourth-order valence-corrected chi connectivity index (χ4v) is 4.29. The quantitative estimate of drug-likeness (QED) is 0.531. The molecule has 30 heavy (non-hydrogen) atoms. The minimum Gasteiger partial charge on any atom is -0.506 e. The third-order valence-electron chi connectivity index (χ3n) is 5.86. The Balaban J connectivity index is 1.91. The molecule has 0 aliphatic heterocycles. The summed E-state index contributed by atoms with van der Waals surface area (Å²) < 4.78 is 2.17. The number of pyridine rings is 1. The smallest absolute Gasteiger partial charge is 0.345 e. The van der Waals surface area contributed by atoms with Crippen LogP contribution in [0.4, 0.5) is 0 Å². The molecule has 2 aromatic heterocycles. The van der Waals surface area contributed by atoms with Crippen LogP contribution in [0.3, 0.4) is 0 Å². The molecule has 0 atom stereocenters. The first-order valence-corrected chi connectivity index (χ1v) is 10.2. The van der Waals surface area contributed by atoms with E-state index in [9.17, 15) is 19.8 Å². The van der Waals surface area contributed by atoms with Gasteiger partial charge in [-0.05, 0) is 57.7 Å². The van der Waals surface area contributed by atoms with Crippen molar-refractivity contribution in [1.82, 2.24) is 14.9 Å². The number of hydrogen-bond acceptors (Lipinski definition) is 4. The Hall–Kier alpha value is -3.06. The number of benzene rings is 1. The molecule has 2 heterocycles. The molecule has 3 aromatic rings. The zero-order valence-electron chi connectivity index (χ0n) is 17.7. The molecular formula is C23H27N3O4. The molecule has 158 valence electrons. The van der Waals surface area contributed by atoms with E-state index in [-0.39, 0.29) is 5.54 Å². The number of carbonyl (C=O) groups is 1. The third kappa shape index (κ3) is 3.29. The molecule has 0 spiro atoms. The summed E-state index contributed by atoms with van der Waals surface area (Å²) in [6.07, 6.45) is 2.03. The Morgan fingerprint density at radius 1 is 1.23 bits per heavy atom. The van der Waals surface area contributed by atoms with Crippen molar-refractivity contribution in [1.29, 1.82) is 0 Å². The second kappa shape index (κ2) is 7.02. The Morgan fingerprint density at radius 2 is 1.93 bits per heavy atom. The number of aryl methyl sites for hydroxylation is 2. The summed E-state index contributed by atoms with van der Waals surface area (Å²) in [6, 6.07) is 6.16. The van der Waals surface area contributed by atoms with E-state index in [0.717, 1.165) is 47.1 Å². The summed E-state index contributed by atoms with van der Waals surface area (Å²) in [7, 11) is 2.05. The van der Waals surface area contributed by atoms with Gasteiger partial charge in [0.15, 0.2) is 5.56 Å². The number of nitrogens with zero attached hydrogens (tertiary/aromatic N) is 1. The van der Waals surface area contributed by atoms with Gasteiger partial charge in [-0.2, -0.15) is 0 Å². The van der Waals surface area contributed by atoms with Crippen LogP contribution in [0.1, 0.15) is 54.4 Å². The van der Waals surface area contributed by atoms with Crippen molar-refractivity contribution in [3.63, 3.8) is 0 Å². The number of carboxylic acid groups (broad SMARTS) is 1. The van der Waals surface area contributed by atoms with Gasteiger partial charge in [0.1, 0.15) is 5.75 Å². The van der Waals surface area contributed by atoms with Gasteiger partial charge in [0, 0.05) is 46.9 Å². The summed E-state index contributed by atoms with van der Waals surface area (Å²) in [6.45, 7) is 7.13. The van der Waals surface area contributed by atoms with Crippen LogP contribution in [-0.4, -0.2) is 31.3 Å². The minimum absolute atomic E-state index is 0.00512. The van der Waals surface area contributed by atoms with Crippen molar-refractivity contribution in [2.24, 2.45) is 7.05 Å². The molecule has 1 aliphatic carbocycles. The summed E-state index contributed by atoms with van der Waals surface area (Å²) in [5, 5.41) is 24.5. The first-order valence-electron chi connectivity index (χ1n) is 10.2. The lowest BCUT2D eigenvalue weighted by molar-refractivity contribution is 0.0691. The van der Waals surface area contributed by atoms with E-state index < -0.39 is 22.8 Å². The van der Waals surface area contributed by atoms with Gasteiger partial charge < -0.3 is 25.1 Å². The molecule has 0 amide bonds. The average molecular weight is 409 g/mol. The maximum absolute atomic E-state index is 12.4. The summed E-state index contributed by atoms with van der Waals surface area (Å²) in [4.78, 5) is 26.5. The molecule has 0 fully saturated rings. The number of carboxylic acids is 1. The van der Waals surface area contributed by atoms with E-state index in [1.54, 1.807) is 0 Å². The monoisotopic (exact) mass is 409 g/mol. The highest BCUT2D eigenvalue weighted by Gasteiger charge is 2.26. The zero-order valence-corrected chi connectivity index (χ0v) is 17.7. The largest absolute Gasteiger partial charge is 0.506 e. The molecule has 1 aromatic carbocycles. The van der Waals surface area contributed by atoms with Gasteiger partial charge >= 0.3 is 5.97 Å². The van der Waals surface area contributed by atoms with Gasteiger partial charge in [-0.3, -0.25) is 4.79 Å². The van der Waals surface area contributed by atoms with Crippen LogP contribution in [-0.2, 0) is 26.4 Å². The normalized spacial score (nSPS) is 13.7. The minimum atomic E-state index is -1.42. The van der Waals surface area contributed by atoms with E-state index in [4.69, 9.17) is 0 Å². The fraction of sp³-hybridized carbons (Fsp3) is 0.391. The first-order chi connectivity index (χ1) is 14.1. The summed E-state index contributed by atoms with van der Waals surface area (Å²) in [5.74, 6) is -1.84. The van der Waals surface area contributed by atoms with Crippen molar-refractivity contribution in [2.75, 3.05) is 0 Å². The van der Waals surface area contributed by atoms with Crippen LogP contribution in [0, 0.1) is 0 Å². The molecule has 0 saturated carbocycles. The second-order valence-electron chi connectivity index (χ2n) is 9.01. The Kier molecular flexibility index (Phi) is 4.73. The number of aromatic carboxylic acids is 1. The summed E-state index contributed by atoms with van der Waals surface area (Å²) in [5.41, 5.74) is 3.88. The Bertz CT molecular complexity index is 1230. The van der Waals surface area contributed by atoms with E-state index in [0.29, 0.717) is 17.7 Å². The Morgan fingerprint density at radius 3 is 2.60 bits per heavy atom. The van der Waals surface area contributed by atoms with Crippen molar-refractivity contribution >= 4 is 16.9 Å². The highest BCUT2D eigenvalue weighted by molar-refractivity contribution is 5.94. The van der Waals surface area contributed by atoms with Crippen molar-refractivity contribution in [2.45, 2.75) is 52.1 Å². The van der Waals surface area contributed by atoms with E-state index in [1.807, 2.05) is 19.2 Å². The highest BCUT2D eigenvalue weighted by atomic mass is 16.4. The predicted molar refractivity (Wildman–Crippen MR) is 116 cm³/mol. The van der Waals surface area contributed by atoms with Gasteiger partial charge in [0.2, 0.25) is 0 Å². The predicted octanol–water partition coefficient (Wildman–Crippen LogP) is 3.31. The number of fused-ring (bicyclic) bond motifs is 5. The topological polar surface area (TPSA) is 107 Å². The van der Waals surface area contributed by atoms with Crippen molar-refractivity contribution in [3.8, 4) is 17.0 Å². The lowest BCUT2D eigenvalue weighted by Crippen LogP contribution is -2.35. The van der Waals surface area contributed by atoms with Crippen LogP contribution in [0.2, 0.25) is 0 Å². The number of aromatic nitrogens is 2. The van der Waals surface area contributed by atoms with Crippen LogP contribution in [0.25, 0.3) is 22.2 Å². The molecule has 0 radical (unpaired) electrons. The molecule has 0 bridgehead atoms. The van der Waals surface area contributed by atoms with Crippen LogP contribution in [0.15, 0.2) is 23.0 Å². The maximum Gasteiger partial charge on any atom is 0.345 e. The molecule has 7 nitrogen and oxygen atoms in total. The van der Waals surface area contributed by atoms with Crippen molar-refractivity contribution < 1.29 is 15.0 Å². The first kappa shape index (κ1) is 20.2. The molecular weight excluding hydrogens is 382 g/mol. The fourth-order valence-electron chi connectivity index (χ4n) is 4.29. The lowest BCUT2D eigenvalue weighted by Gasteiger charge is -2.20. The van der Waals surface area contributed by atoms with E-state index in [1.165, 1.54) is 0 Å². The highest BCUT2D eigenvalue weighted by Crippen LogP contribution is 2.39. The number of aromatic hydroxyl groups is 1. The molecule has 4 N–H and O–H groups in total. The number of nitrogens with one attached hydrogen (secondary N) is 2. The van der Waals surface area contributed by atoms with Crippen LogP contribution < -0.4 is 10.9 Å². The standard InChI is InChI=1S/C23H27N3O4/c1-23(2,3)24-11-12-10-16-13-6-5-7-15-19(14(13)8-9-17(16)26(12)4)25-21(28)18(20(15)27)22(29)30/h8-10,24H,5-7,11H2,1-4H3,(H,29,30)(H2,25,27,28). The molecule has 0 unspecified atom stereocenters. The van der Waals surface area contributed by atoms with E-state index in [2.05, 4.69) is 41.7 Å². The number of rotatable bonds is 3. The summed E-state index contributed by atoms with van der Waals surface area (Å²) >= 11 is 0. The number of aromatic amines is 1. The average Bonchev–Trinajstić information content (AvgIpc) is 2.84. The molecule has 7 heteroatoms. The number of H-pyrrole nitrogens is 1. The SMILES string of the molecule is Cn1c(CNC(C)(C)C)cc2c3c(ccc21)-c1[nH]c(=O)c(C(=O)O)c(O)c1CCC3. The van der Waals surface area contributed by atoms with Gasteiger partial charge in [-0.25, -0.2) is 4.79 Å². The van der Waals surface area contributed by atoms with Gasteiger partial charge in [0.25, 0.3) is 5.56 Å². The van der Waals surface area contributed by atoms with Gasteiger partial charge in [-0.15, -0.1) is 0 Å². The van der Waals surface area contributed by atoms with Gasteiger partial charge in [-0.1, -0.05) is 6.07 Å².